The number of hydrogen-bond acceptors (Lipinski definition) is 5. The third-order valence-electron chi connectivity index (χ3n) is 4.43. The van der Waals surface area contributed by atoms with Crippen LogP contribution < -0.4 is 16.0 Å². The van der Waals surface area contributed by atoms with E-state index in [4.69, 9.17) is 15.7 Å². The number of carbonyl (C=O) groups excluding carboxylic acids is 1. The van der Waals surface area contributed by atoms with E-state index < -0.39 is 40.6 Å². The van der Waals surface area contributed by atoms with Crippen LogP contribution in [0, 0.1) is 11.3 Å². The van der Waals surface area contributed by atoms with Crippen molar-refractivity contribution < 1.29 is 22.7 Å². The van der Waals surface area contributed by atoms with E-state index in [1.54, 1.807) is 24.2 Å². The zero-order valence-corrected chi connectivity index (χ0v) is 16.0. The minimum atomic E-state index is -4.85. The van der Waals surface area contributed by atoms with Crippen LogP contribution in [0.25, 0.3) is 11.1 Å². The number of nitrogens with two attached hydrogens (primary N) is 1. The predicted molar refractivity (Wildman–Crippen MR) is 104 cm³/mol. The van der Waals surface area contributed by atoms with Crippen LogP contribution in [0.1, 0.15) is 40.2 Å². The summed E-state index contributed by atoms with van der Waals surface area (Å²) >= 11 is 0. The summed E-state index contributed by atoms with van der Waals surface area (Å²) in [5.41, 5.74) is 2.72. The average molecular weight is 428 g/mol. The van der Waals surface area contributed by atoms with Crippen LogP contribution in [-0.2, 0) is 6.18 Å². The minimum absolute atomic E-state index is 0.0965. The Kier molecular flexibility index (Phi) is 5.79. The molecule has 1 unspecified atom stereocenters. The number of alkyl halides is 3. The number of nitriles is 1. The maximum Gasteiger partial charge on any atom is 0.431 e. The van der Waals surface area contributed by atoms with Crippen LogP contribution in [0.5, 0.6) is 5.75 Å². The van der Waals surface area contributed by atoms with Gasteiger partial charge in [-0.3, -0.25) is 14.6 Å². The molecule has 158 valence electrons. The molecule has 0 saturated carbocycles. The molecule has 0 aliphatic rings. The van der Waals surface area contributed by atoms with E-state index in [1.807, 2.05) is 6.07 Å². The molecule has 10 heteroatoms. The molecule has 0 aliphatic carbocycles. The molecule has 0 aliphatic heterocycles. The van der Waals surface area contributed by atoms with Crippen molar-refractivity contribution in [3.05, 3.63) is 81.5 Å². The van der Waals surface area contributed by atoms with Crippen molar-refractivity contribution >= 4 is 5.91 Å². The van der Waals surface area contributed by atoms with E-state index >= 15 is 0 Å². The highest BCUT2D eigenvalue weighted by Gasteiger charge is 2.36. The summed E-state index contributed by atoms with van der Waals surface area (Å²) in [6.45, 7) is 1.73. The standard InChI is InChI=1S/C21H15F3N4O3/c1-11(14-6-12(8-25)9-27-10-14)31-15-4-2-13(3-5-15)16-7-17(19(26)29)20(30)28-18(16)21(22,23)24/h2-7,9-11H,1H3,(H2,26,29)(H,28,30). The lowest BCUT2D eigenvalue weighted by Crippen LogP contribution is -2.27. The highest BCUT2D eigenvalue weighted by molar-refractivity contribution is 5.94. The number of primary amides is 1. The smallest absolute Gasteiger partial charge is 0.431 e. The van der Waals surface area contributed by atoms with E-state index in [2.05, 4.69) is 4.98 Å². The predicted octanol–water partition coefficient (Wildman–Crippen LogP) is 3.57. The van der Waals surface area contributed by atoms with Crippen LogP contribution in [0.2, 0.25) is 0 Å². The number of pyridine rings is 2. The molecule has 0 fully saturated rings. The van der Waals surface area contributed by atoms with Gasteiger partial charge in [0.05, 0.1) is 5.56 Å². The Labute approximate surface area is 173 Å². The number of ether oxygens (including phenoxy) is 1. The fourth-order valence-electron chi connectivity index (χ4n) is 2.89. The van der Waals surface area contributed by atoms with E-state index in [-0.39, 0.29) is 5.56 Å². The second-order valence-electron chi connectivity index (χ2n) is 6.57. The van der Waals surface area contributed by atoms with Crippen LogP contribution in [-0.4, -0.2) is 15.9 Å². The molecular weight excluding hydrogens is 413 g/mol. The number of halogens is 3. The van der Waals surface area contributed by atoms with Gasteiger partial charge in [-0.05, 0) is 36.8 Å². The van der Waals surface area contributed by atoms with Gasteiger partial charge in [0.25, 0.3) is 11.5 Å². The number of rotatable bonds is 5. The highest BCUT2D eigenvalue weighted by atomic mass is 19.4. The van der Waals surface area contributed by atoms with Crippen LogP contribution in [0.3, 0.4) is 0 Å². The Hall–Kier alpha value is -4.13. The first kappa shape index (κ1) is 21.6. The third kappa shape index (κ3) is 4.72. The molecule has 0 saturated heterocycles. The van der Waals surface area contributed by atoms with Gasteiger partial charge in [-0.1, -0.05) is 12.1 Å². The van der Waals surface area contributed by atoms with Gasteiger partial charge in [-0.2, -0.15) is 18.4 Å². The highest BCUT2D eigenvalue weighted by Crippen LogP contribution is 2.36. The second kappa shape index (κ2) is 8.31. The van der Waals surface area contributed by atoms with Crippen LogP contribution in [0.4, 0.5) is 13.2 Å². The molecule has 1 atom stereocenters. The van der Waals surface area contributed by atoms with Crippen molar-refractivity contribution in [2.75, 3.05) is 0 Å². The van der Waals surface area contributed by atoms with Gasteiger partial charge >= 0.3 is 6.18 Å². The molecule has 7 nitrogen and oxygen atoms in total. The molecule has 3 N–H and O–H groups in total. The Balaban J connectivity index is 1.94. The summed E-state index contributed by atoms with van der Waals surface area (Å²) < 4.78 is 46.0. The number of hydrogen-bond donors (Lipinski definition) is 2. The Bertz CT molecular complexity index is 1230. The van der Waals surface area contributed by atoms with Crippen molar-refractivity contribution in [3.8, 4) is 22.9 Å². The first-order chi connectivity index (χ1) is 14.6. The molecule has 2 aromatic heterocycles. The SMILES string of the molecule is CC(Oc1ccc(-c2cc(C(N)=O)c(=O)[nH]c2C(F)(F)F)cc1)c1cncc(C#N)c1. The molecule has 1 aromatic carbocycles. The first-order valence-electron chi connectivity index (χ1n) is 8.86. The van der Waals surface area contributed by atoms with Crippen molar-refractivity contribution in [3.63, 3.8) is 0 Å². The molecule has 0 bridgehead atoms. The summed E-state index contributed by atoms with van der Waals surface area (Å²) in [4.78, 5) is 28.8. The fraction of sp³-hybridized carbons (Fsp3) is 0.143. The zero-order chi connectivity index (χ0) is 22.8. The van der Waals surface area contributed by atoms with Gasteiger partial charge in [0.2, 0.25) is 0 Å². The molecular formula is C21H15F3N4O3. The molecule has 3 rings (SSSR count). The maximum absolute atomic E-state index is 13.4. The molecule has 31 heavy (non-hydrogen) atoms. The molecule has 0 spiro atoms. The van der Waals surface area contributed by atoms with Crippen molar-refractivity contribution in [2.24, 2.45) is 5.73 Å². The zero-order valence-electron chi connectivity index (χ0n) is 16.0. The van der Waals surface area contributed by atoms with Crippen molar-refractivity contribution in [1.29, 1.82) is 5.26 Å². The maximum atomic E-state index is 13.4. The largest absolute Gasteiger partial charge is 0.486 e. The number of amides is 1. The van der Waals surface area contributed by atoms with Gasteiger partial charge in [0, 0.05) is 23.5 Å². The number of aromatic amines is 1. The number of carbonyl (C=O) groups is 1. The Morgan fingerprint density at radius 3 is 2.48 bits per heavy atom. The lowest BCUT2D eigenvalue weighted by atomic mass is 10.0. The van der Waals surface area contributed by atoms with Crippen molar-refractivity contribution in [1.82, 2.24) is 9.97 Å². The minimum Gasteiger partial charge on any atom is -0.486 e. The van der Waals surface area contributed by atoms with Gasteiger partial charge < -0.3 is 15.5 Å². The van der Waals surface area contributed by atoms with E-state index in [0.29, 0.717) is 16.9 Å². The number of aromatic nitrogens is 2. The van der Waals surface area contributed by atoms with Gasteiger partial charge in [0.1, 0.15) is 29.2 Å². The number of benzene rings is 1. The normalized spacial score (nSPS) is 12.1. The summed E-state index contributed by atoms with van der Waals surface area (Å²) in [6, 6.07) is 10.0. The number of H-pyrrole nitrogens is 1. The topological polar surface area (TPSA) is 122 Å². The lowest BCUT2D eigenvalue weighted by molar-refractivity contribution is -0.140. The monoisotopic (exact) mass is 428 g/mol. The second-order valence-corrected chi connectivity index (χ2v) is 6.57. The summed E-state index contributed by atoms with van der Waals surface area (Å²) in [5.74, 6) is -0.787. The van der Waals surface area contributed by atoms with E-state index in [0.717, 1.165) is 6.07 Å². The van der Waals surface area contributed by atoms with Gasteiger partial charge in [0.15, 0.2) is 0 Å². The molecule has 0 radical (unpaired) electrons. The molecule has 1 amide bonds. The van der Waals surface area contributed by atoms with E-state index in [1.165, 1.54) is 30.5 Å². The molecule has 2 heterocycles. The quantitative estimate of drug-likeness (QED) is 0.643. The number of nitrogens with one attached hydrogen (secondary N) is 1. The Morgan fingerprint density at radius 1 is 1.23 bits per heavy atom. The third-order valence-corrected chi connectivity index (χ3v) is 4.43. The lowest BCUT2D eigenvalue weighted by Gasteiger charge is -2.16. The summed E-state index contributed by atoms with van der Waals surface area (Å²) in [6.07, 6.45) is -2.38. The number of nitrogens with zero attached hydrogens (tertiary/aromatic N) is 2. The average Bonchev–Trinajstić information content (AvgIpc) is 2.73. The summed E-state index contributed by atoms with van der Waals surface area (Å²) in [7, 11) is 0. The van der Waals surface area contributed by atoms with Gasteiger partial charge in [-0.15, -0.1) is 0 Å². The van der Waals surface area contributed by atoms with Gasteiger partial charge in [-0.25, -0.2) is 0 Å². The Morgan fingerprint density at radius 2 is 1.90 bits per heavy atom. The summed E-state index contributed by atoms with van der Waals surface area (Å²) in [5, 5.41) is 8.96. The molecule has 3 aromatic rings. The first-order valence-corrected chi connectivity index (χ1v) is 8.86. The van der Waals surface area contributed by atoms with E-state index in [9.17, 15) is 22.8 Å². The van der Waals surface area contributed by atoms with Crippen LogP contribution in [0.15, 0.2) is 53.6 Å². The van der Waals surface area contributed by atoms with Crippen molar-refractivity contribution in [2.45, 2.75) is 19.2 Å². The van der Waals surface area contributed by atoms with Crippen LogP contribution >= 0.6 is 0 Å². The fourth-order valence-corrected chi connectivity index (χ4v) is 2.89.